The number of hydrogen-bond donors (Lipinski definition) is 1. The van der Waals surface area contributed by atoms with Gasteiger partial charge < -0.3 is 5.32 Å². The van der Waals surface area contributed by atoms with Gasteiger partial charge in [0.25, 0.3) is 0 Å². The number of benzene rings is 1. The molecule has 1 N–H and O–H groups in total. The second-order valence-electron chi connectivity index (χ2n) is 5.62. The minimum Gasteiger partial charge on any atom is -0.353 e. The van der Waals surface area contributed by atoms with Crippen LogP contribution in [0.15, 0.2) is 23.1 Å². The standard InChI is InChI=1S/C16H21NOS/c18-16(17-14-5-1-2-6-14)11-12-7-8-15-13(10-12)4-3-9-19-15/h7-8,10,14H,1-6,9,11H2,(H,17,18). The van der Waals surface area contributed by atoms with Crippen molar-refractivity contribution in [3.8, 4) is 0 Å². The molecule has 0 atom stereocenters. The molecule has 1 amide bonds. The number of aryl methyl sites for hydroxylation is 1. The summed E-state index contributed by atoms with van der Waals surface area (Å²) in [6, 6.07) is 6.97. The molecular formula is C16H21NOS. The van der Waals surface area contributed by atoms with Crippen LogP contribution in [0.1, 0.15) is 43.2 Å². The normalized spacial score (nSPS) is 19.2. The first kappa shape index (κ1) is 13.0. The molecule has 19 heavy (non-hydrogen) atoms. The van der Waals surface area contributed by atoms with Gasteiger partial charge in [-0.25, -0.2) is 0 Å². The van der Waals surface area contributed by atoms with Gasteiger partial charge in [0.15, 0.2) is 0 Å². The van der Waals surface area contributed by atoms with E-state index in [1.54, 1.807) is 0 Å². The first-order valence-electron chi connectivity index (χ1n) is 7.35. The van der Waals surface area contributed by atoms with Crippen molar-refractivity contribution >= 4 is 17.7 Å². The zero-order chi connectivity index (χ0) is 13.1. The van der Waals surface area contributed by atoms with Crippen molar-refractivity contribution in [1.29, 1.82) is 0 Å². The van der Waals surface area contributed by atoms with Crippen LogP contribution in [-0.2, 0) is 17.6 Å². The summed E-state index contributed by atoms with van der Waals surface area (Å²) >= 11 is 1.94. The Bertz CT molecular complexity index is 466. The van der Waals surface area contributed by atoms with Crippen LogP contribution in [0.2, 0.25) is 0 Å². The molecule has 1 aliphatic carbocycles. The lowest BCUT2D eigenvalue weighted by Crippen LogP contribution is -2.33. The Morgan fingerprint density at radius 3 is 2.95 bits per heavy atom. The summed E-state index contributed by atoms with van der Waals surface area (Å²) in [5.74, 6) is 1.42. The molecule has 1 fully saturated rings. The van der Waals surface area contributed by atoms with Crippen molar-refractivity contribution in [2.24, 2.45) is 0 Å². The second kappa shape index (κ2) is 6.00. The molecule has 2 aliphatic rings. The number of carbonyl (C=O) groups excluding carboxylic acids is 1. The van der Waals surface area contributed by atoms with Crippen molar-refractivity contribution in [3.63, 3.8) is 0 Å². The Balaban J connectivity index is 1.61. The molecule has 0 saturated heterocycles. The highest BCUT2D eigenvalue weighted by molar-refractivity contribution is 7.99. The Morgan fingerprint density at radius 1 is 1.26 bits per heavy atom. The Kier molecular flexibility index (Phi) is 4.12. The van der Waals surface area contributed by atoms with E-state index < -0.39 is 0 Å². The van der Waals surface area contributed by atoms with Crippen molar-refractivity contribution in [3.05, 3.63) is 29.3 Å². The quantitative estimate of drug-likeness (QED) is 0.917. The van der Waals surface area contributed by atoms with Crippen LogP contribution in [0.4, 0.5) is 0 Å². The van der Waals surface area contributed by atoms with Crippen LogP contribution in [0.25, 0.3) is 0 Å². The van der Waals surface area contributed by atoms with Crippen LogP contribution in [0, 0.1) is 0 Å². The summed E-state index contributed by atoms with van der Waals surface area (Å²) in [7, 11) is 0. The van der Waals surface area contributed by atoms with Gasteiger partial charge in [-0.3, -0.25) is 4.79 Å². The summed E-state index contributed by atoms with van der Waals surface area (Å²) in [6.07, 6.45) is 7.81. The number of amides is 1. The average Bonchev–Trinajstić information content (AvgIpc) is 2.91. The molecule has 3 rings (SSSR count). The molecule has 1 aromatic rings. The smallest absolute Gasteiger partial charge is 0.224 e. The maximum Gasteiger partial charge on any atom is 0.224 e. The third-order valence-corrected chi connectivity index (χ3v) is 5.26. The molecule has 3 heteroatoms. The maximum atomic E-state index is 12.0. The largest absolute Gasteiger partial charge is 0.353 e. The van der Waals surface area contributed by atoms with Gasteiger partial charge in [-0.1, -0.05) is 25.0 Å². The van der Waals surface area contributed by atoms with Gasteiger partial charge in [0.1, 0.15) is 0 Å². The Morgan fingerprint density at radius 2 is 2.11 bits per heavy atom. The predicted octanol–water partition coefficient (Wildman–Crippen LogP) is 3.33. The first-order valence-corrected chi connectivity index (χ1v) is 8.34. The monoisotopic (exact) mass is 275 g/mol. The molecule has 1 saturated carbocycles. The zero-order valence-electron chi connectivity index (χ0n) is 11.3. The minimum absolute atomic E-state index is 0.190. The summed E-state index contributed by atoms with van der Waals surface area (Å²) in [4.78, 5) is 13.4. The van der Waals surface area contributed by atoms with E-state index in [-0.39, 0.29) is 5.91 Å². The van der Waals surface area contributed by atoms with Gasteiger partial charge in [0, 0.05) is 10.9 Å². The lowest BCUT2D eigenvalue weighted by molar-refractivity contribution is -0.121. The highest BCUT2D eigenvalue weighted by Gasteiger charge is 2.17. The Hall–Kier alpha value is -0.960. The van der Waals surface area contributed by atoms with Gasteiger partial charge in [-0.05, 0) is 48.6 Å². The number of hydrogen-bond acceptors (Lipinski definition) is 2. The molecular weight excluding hydrogens is 254 g/mol. The van der Waals surface area contributed by atoms with Crippen LogP contribution in [0.5, 0.6) is 0 Å². The molecule has 1 aromatic carbocycles. The second-order valence-corrected chi connectivity index (χ2v) is 6.76. The van der Waals surface area contributed by atoms with Crippen LogP contribution >= 0.6 is 11.8 Å². The van der Waals surface area contributed by atoms with Crippen LogP contribution in [0.3, 0.4) is 0 Å². The van der Waals surface area contributed by atoms with Crippen molar-refractivity contribution < 1.29 is 4.79 Å². The van der Waals surface area contributed by atoms with E-state index in [1.165, 1.54) is 41.9 Å². The number of rotatable bonds is 3. The fourth-order valence-corrected chi connectivity index (χ4v) is 4.08. The first-order chi connectivity index (χ1) is 9.31. The number of nitrogens with one attached hydrogen (secondary N) is 1. The van der Waals surface area contributed by atoms with Gasteiger partial charge in [0.05, 0.1) is 6.42 Å². The fraction of sp³-hybridized carbons (Fsp3) is 0.562. The highest BCUT2D eigenvalue weighted by atomic mass is 32.2. The molecule has 0 radical (unpaired) electrons. The summed E-state index contributed by atoms with van der Waals surface area (Å²) in [5.41, 5.74) is 2.60. The summed E-state index contributed by atoms with van der Waals surface area (Å²) in [6.45, 7) is 0. The van der Waals surface area contributed by atoms with E-state index in [2.05, 4.69) is 23.5 Å². The van der Waals surface area contributed by atoms with Gasteiger partial charge in [-0.2, -0.15) is 0 Å². The van der Waals surface area contributed by atoms with Crippen molar-refractivity contribution in [1.82, 2.24) is 5.32 Å². The topological polar surface area (TPSA) is 29.1 Å². The molecule has 0 aromatic heterocycles. The van der Waals surface area contributed by atoms with Crippen molar-refractivity contribution in [2.75, 3.05) is 5.75 Å². The molecule has 102 valence electrons. The molecule has 0 unspecified atom stereocenters. The maximum absolute atomic E-state index is 12.0. The van der Waals surface area contributed by atoms with Crippen LogP contribution in [-0.4, -0.2) is 17.7 Å². The number of carbonyl (C=O) groups is 1. The van der Waals surface area contributed by atoms with E-state index in [1.807, 2.05) is 11.8 Å². The summed E-state index contributed by atoms with van der Waals surface area (Å²) in [5, 5.41) is 3.16. The third-order valence-electron chi connectivity index (χ3n) is 4.06. The van der Waals surface area contributed by atoms with Gasteiger partial charge >= 0.3 is 0 Å². The van der Waals surface area contributed by atoms with E-state index in [4.69, 9.17) is 0 Å². The highest BCUT2D eigenvalue weighted by Crippen LogP contribution is 2.30. The van der Waals surface area contributed by atoms with E-state index >= 15 is 0 Å². The summed E-state index contributed by atoms with van der Waals surface area (Å²) < 4.78 is 0. The molecule has 0 spiro atoms. The fourth-order valence-electron chi connectivity index (χ4n) is 3.06. The predicted molar refractivity (Wildman–Crippen MR) is 79.6 cm³/mol. The van der Waals surface area contributed by atoms with Crippen LogP contribution < -0.4 is 5.32 Å². The van der Waals surface area contributed by atoms with E-state index in [9.17, 15) is 4.79 Å². The third kappa shape index (κ3) is 3.33. The zero-order valence-corrected chi connectivity index (χ0v) is 12.1. The Labute approximate surface area is 119 Å². The average molecular weight is 275 g/mol. The molecule has 1 heterocycles. The van der Waals surface area contributed by atoms with E-state index in [0.717, 1.165) is 18.4 Å². The van der Waals surface area contributed by atoms with Gasteiger partial charge in [-0.15, -0.1) is 11.8 Å². The number of thioether (sulfide) groups is 1. The molecule has 2 nitrogen and oxygen atoms in total. The number of fused-ring (bicyclic) bond motifs is 1. The SMILES string of the molecule is O=C(Cc1ccc2c(c1)CCCS2)NC1CCCC1. The minimum atomic E-state index is 0.190. The van der Waals surface area contributed by atoms with E-state index in [0.29, 0.717) is 12.5 Å². The lowest BCUT2D eigenvalue weighted by atomic mass is 10.0. The van der Waals surface area contributed by atoms with Gasteiger partial charge in [0.2, 0.25) is 5.91 Å². The van der Waals surface area contributed by atoms with Crippen molar-refractivity contribution in [2.45, 2.75) is 55.9 Å². The molecule has 0 bridgehead atoms. The lowest BCUT2D eigenvalue weighted by Gasteiger charge is -2.16. The molecule has 1 aliphatic heterocycles.